The van der Waals surface area contributed by atoms with Gasteiger partial charge in [-0.25, -0.2) is 9.78 Å². The molecule has 2 aromatic heterocycles. The predicted octanol–water partition coefficient (Wildman–Crippen LogP) is 8.03. The highest BCUT2D eigenvalue weighted by molar-refractivity contribution is 5.79. The zero-order chi connectivity index (χ0) is 27.4. The van der Waals surface area contributed by atoms with Crippen molar-refractivity contribution in [2.45, 2.75) is 91.9 Å². The van der Waals surface area contributed by atoms with Crippen LogP contribution in [0.15, 0.2) is 51.8 Å². The summed E-state index contributed by atoms with van der Waals surface area (Å²) in [5.74, 6) is 0.746. The fourth-order valence-electron chi connectivity index (χ4n) is 4.32. The highest BCUT2D eigenvalue weighted by Gasteiger charge is 2.22. The second kappa shape index (κ2) is 14.7. The molecule has 3 aromatic rings. The molecule has 206 valence electrons. The number of unbranched alkanes of at least 4 members (excludes halogenated alkanes) is 9. The van der Waals surface area contributed by atoms with Crippen molar-refractivity contribution >= 4 is 17.1 Å². The third-order valence-electron chi connectivity index (χ3n) is 6.64. The molecule has 0 fully saturated rings. The van der Waals surface area contributed by atoms with E-state index in [-0.39, 0.29) is 11.6 Å². The minimum Gasteiger partial charge on any atom is -0.493 e. The van der Waals surface area contributed by atoms with Crippen molar-refractivity contribution in [2.75, 3.05) is 13.2 Å². The number of aromatic nitrogens is 1. The number of benzene rings is 1. The molecule has 0 N–H and O–H groups in total. The molecule has 0 saturated carbocycles. The smallest absolute Gasteiger partial charge is 0.345 e. The topological polar surface area (TPSA) is 78.6 Å². The number of hydrogen-bond donors (Lipinski definition) is 0. The highest BCUT2D eigenvalue weighted by Crippen LogP contribution is 2.26. The molecule has 0 unspecified atom stereocenters. The number of rotatable bonds is 15. The normalized spacial score (nSPS) is 11.6. The maximum absolute atomic E-state index is 12.4. The van der Waals surface area contributed by atoms with E-state index in [0.717, 1.165) is 41.5 Å². The lowest BCUT2D eigenvalue weighted by Crippen LogP contribution is -2.23. The van der Waals surface area contributed by atoms with Crippen molar-refractivity contribution in [3.8, 4) is 16.9 Å². The van der Waals surface area contributed by atoms with E-state index in [0.29, 0.717) is 24.5 Å². The Bertz CT molecular complexity index is 1220. The molecule has 0 aliphatic heterocycles. The molecule has 2 heterocycles. The summed E-state index contributed by atoms with van der Waals surface area (Å²) in [5.41, 5.74) is 1.91. The largest absolute Gasteiger partial charge is 0.493 e. The van der Waals surface area contributed by atoms with Crippen LogP contribution in [-0.4, -0.2) is 24.2 Å². The molecule has 0 bridgehead atoms. The highest BCUT2D eigenvalue weighted by atomic mass is 16.5. The van der Waals surface area contributed by atoms with Gasteiger partial charge in [0.15, 0.2) is 0 Å². The van der Waals surface area contributed by atoms with Crippen molar-refractivity contribution in [3.05, 3.63) is 58.6 Å². The molecule has 0 radical (unpaired) electrons. The summed E-state index contributed by atoms with van der Waals surface area (Å²) < 4.78 is 16.7. The van der Waals surface area contributed by atoms with E-state index in [2.05, 4.69) is 4.98 Å². The Morgan fingerprint density at radius 1 is 0.868 bits per heavy atom. The average molecular weight is 522 g/mol. The second-order valence-electron chi connectivity index (χ2n) is 11.1. The van der Waals surface area contributed by atoms with Crippen LogP contribution in [0.2, 0.25) is 0 Å². The van der Waals surface area contributed by atoms with Gasteiger partial charge >= 0.3 is 11.6 Å². The van der Waals surface area contributed by atoms with E-state index in [9.17, 15) is 9.59 Å². The van der Waals surface area contributed by atoms with Gasteiger partial charge in [0, 0.05) is 11.6 Å². The lowest BCUT2D eigenvalue weighted by Gasteiger charge is -2.16. The van der Waals surface area contributed by atoms with Gasteiger partial charge in [0.25, 0.3) is 0 Å². The Balaban J connectivity index is 1.25. The van der Waals surface area contributed by atoms with Crippen molar-refractivity contribution in [3.63, 3.8) is 0 Å². The van der Waals surface area contributed by atoms with Crippen LogP contribution in [0.3, 0.4) is 0 Å². The molecule has 0 atom stereocenters. The first-order valence-electron chi connectivity index (χ1n) is 14.1. The Hall–Kier alpha value is -3.15. The third-order valence-corrected chi connectivity index (χ3v) is 6.64. The van der Waals surface area contributed by atoms with Crippen LogP contribution in [0.25, 0.3) is 22.2 Å². The number of carbonyl (C=O) groups is 1. The summed E-state index contributed by atoms with van der Waals surface area (Å²) in [7, 11) is 0. The second-order valence-corrected chi connectivity index (χ2v) is 11.1. The maximum Gasteiger partial charge on any atom is 0.345 e. The molecule has 0 spiro atoms. The quantitative estimate of drug-likeness (QED) is 0.149. The number of carbonyl (C=O) groups excluding carboxylic acids is 1. The molecular weight excluding hydrogens is 478 g/mol. The minimum absolute atomic E-state index is 0.110. The molecule has 3 rings (SSSR count). The van der Waals surface area contributed by atoms with Crippen LogP contribution < -0.4 is 10.4 Å². The number of fused-ring (bicyclic) bond motifs is 1. The van der Waals surface area contributed by atoms with Gasteiger partial charge in [0.1, 0.15) is 5.75 Å². The van der Waals surface area contributed by atoms with Crippen LogP contribution in [0.1, 0.15) is 90.5 Å². The lowest BCUT2D eigenvalue weighted by molar-refractivity contribution is -0.153. The first-order valence-corrected chi connectivity index (χ1v) is 14.1. The van der Waals surface area contributed by atoms with E-state index in [1.807, 2.05) is 64.1 Å². The zero-order valence-electron chi connectivity index (χ0n) is 23.5. The van der Waals surface area contributed by atoms with Gasteiger partial charge < -0.3 is 13.9 Å². The molecule has 38 heavy (non-hydrogen) atoms. The van der Waals surface area contributed by atoms with E-state index in [1.165, 1.54) is 44.9 Å². The van der Waals surface area contributed by atoms with Gasteiger partial charge in [-0.05, 0) is 82.0 Å². The van der Waals surface area contributed by atoms with Gasteiger partial charge in [0.2, 0.25) is 5.71 Å². The molecule has 1 aromatic carbocycles. The van der Waals surface area contributed by atoms with Crippen molar-refractivity contribution in [2.24, 2.45) is 5.41 Å². The summed E-state index contributed by atoms with van der Waals surface area (Å²) in [4.78, 5) is 28.3. The molecule has 0 aliphatic carbocycles. The number of pyridine rings is 1. The number of ether oxygens (including phenoxy) is 2. The lowest BCUT2D eigenvalue weighted by atomic mass is 9.97. The van der Waals surface area contributed by atoms with Gasteiger partial charge in [-0.2, -0.15) is 0 Å². The summed E-state index contributed by atoms with van der Waals surface area (Å²) in [5, 5.41) is 0.802. The SMILES string of the molecule is Cc1cc(-c2cc3cccnc3oc2=O)ccc1OCCCCCCCCCCCCOC(=O)C(C)(C)C. The van der Waals surface area contributed by atoms with Gasteiger partial charge in [-0.3, -0.25) is 4.79 Å². The van der Waals surface area contributed by atoms with Crippen molar-refractivity contribution in [1.29, 1.82) is 0 Å². The van der Waals surface area contributed by atoms with Crippen LogP contribution >= 0.6 is 0 Å². The van der Waals surface area contributed by atoms with Crippen molar-refractivity contribution < 1.29 is 18.7 Å². The Morgan fingerprint density at radius 2 is 1.50 bits per heavy atom. The monoisotopic (exact) mass is 521 g/mol. The fourth-order valence-corrected chi connectivity index (χ4v) is 4.32. The Morgan fingerprint density at radius 3 is 2.13 bits per heavy atom. The summed E-state index contributed by atoms with van der Waals surface area (Å²) in [6.07, 6.45) is 13.4. The van der Waals surface area contributed by atoms with E-state index >= 15 is 0 Å². The van der Waals surface area contributed by atoms with Gasteiger partial charge in [-0.15, -0.1) is 0 Å². The predicted molar refractivity (Wildman–Crippen MR) is 153 cm³/mol. The molecule has 0 saturated heterocycles. The number of nitrogens with zero attached hydrogens (tertiary/aromatic N) is 1. The third kappa shape index (κ3) is 9.30. The Kier molecular flexibility index (Phi) is 11.4. The summed E-state index contributed by atoms with van der Waals surface area (Å²) in [6, 6.07) is 11.4. The molecule has 6 nitrogen and oxygen atoms in total. The van der Waals surface area contributed by atoms with Crippen LogP contribution in [0, 0.1) is 12.3 Å². The molecule has 0 amide bonds. The number of esters is 1. The standard InChI is InChI=1S/C32H43NO5/c1-24-22-25(27-23-26-16-15-19-33-29(26)38-30(27)34)17-18-28(24)36-20-13-11-9-7-5-6-8-10-12-14-21-37-31(35)32(2,3)4/h15-19,22-23H,5-14,20-21H2,1-4H3. The van der Waals surface area contributed by atoms with Crippen molar-refractivity contribution in [1.82, 2.24) is 4.98 Å². The fraction of sp³-hybridized carbons (Fsp3) is 0.531. The minimum atomic E-state index is -0.408. The zero-order valence-corrected chi connectivity index (χ0v) is 23.5. The van der Waals surface area contributed by atoms with Crippen LogP contribution in [-0.2, 0) is 9.53 Å². The first kappa shape index (κ1) is 29.4. The van der Waals surface area contributed by atoms with Crippen LogP contribution in [0.4, 0.5) is 0 Å². The van der Waals surface area contributed by atoms with Gasteiger partial charge in [0.05, 0.1) is 24.2 Å². The Labute approximate surface area is 226 Å². The number of aryl methyl sites for hydroxylation is 1. The van der Waals surface area contributed by atoms with E-state index in [1.54, 1.807) is 6.20 Å². The molecule has 6 heteroatoms. The summed E-state index contributed by atoms with van der Waals surface area (Å²) >= 11 is 0. The van der Waals surface area contributed by atoms with E-state index < -0.39 is 5.41 Å². The summed E-state index contributed by atoms with van der Waals surface area (Å²) in [6.45, 7) is 8.90. The molecular formula is C32H43NO5. The van der Waals surface area contributed by atoms with E-state index in [4.69, 9.17) is 13.9 Å². The first-order chi connectivity index (χ1) is 18.3. The number of hydrogen-bond acceptors (Lipinski definition) is 6. The van der Waals surface area contributed by atoms with Crippen LogP contribution in [0.5, 0.6) is 5.75 Å². The molecule has 0 aliphatic rings. The maximum atomic E-state index is 12.4. The van der Waals surface area contributed by atoms with Gasteiger partial charge in [-0.1, -0.05) is 57.4 Å². The average Bonchev–Trinajstić information content (AvgIpc) is 2.88.